The Hall–Kier alpha value is -3.49. The van der Waals surface area contributed by atoms with Crippen LogP contribution in [0.15, 0.2) is 42.5 Å². The van der Waals surface area contributed by atoms with E-state index in [1.165, 1.54) is 19.1 Å². The van der Waals surface area contributed by atoms with Crippen molar-refractivity contribution in [2.24, 2.45) is 0 Å². The zero-order chi connectivity index (χ0) is 18.7. The van der Waals surface area contributed by atoms with Gasteiger partial charge in [-0.1, -0.05) is 30.3 Å². The smallest absolute Gasteiger partial charge is 0.366 e. The van der Waals surface area contributed by atoms with Gasteiger partial charge in [-0.25, -0.2) is 0 Å². The molecule has 0 saturated carbocycles. The molecule has 9 heteroatoms. The number of aromatic nitrogens is 1. The fourth-order valence-corrected chi connectivity index (χ4v) is 2.44. The van der Waals surface area contributed by atoms with Crippen LogP contribution in [0.1, 0.15) is 12.5 Å². The Balaban J connectivity index is 1.77. The van der Waals surface area contributed by atoms with Crippen molar-refractivity contribution in [2.45, 2.75) is 19.6 Å². The first-order chi connectivity index (χ1) is 12.5. The number of carbonyl (C=O) groups is 2. The van der Waals surface area contributed by atoms with E-state index in [1.807, 2.05) is 18.2 Å². The molecule has 1 atom stereocenters. The fourth-order valence-electron chi connectivity index (χ4n) is 2.44. The zero-order valence-electron chi connectivity index (χ0n) is 13.8. The number of nitro groups is 1. The third kappa shape index (κ3) is 3.61. The Morgan fingerprint density at radius 3 is 2.73 bits per heavy atom. The minimum Gasteiger partial charge on any atom is -0.475 e. The highest BCUT2D eigenvalue weighted by molar-refractivity contribution is 6.02. The molecule has 0 aliphatic carbocycles. The summed E-state index contributed by atoms with van der Waals surface area (Å²) < 4.78 is 10.6. The van der Waals surface area contributed by atoms with E-state index in [9.17, 15) is 19.7 Å². The van der Waals surface area contributed by atoms with Gasteiger partial charge in [0.2, 0.25) is 0 Å². The van der Waals surface area contributed by atoms with Gasteiger partial charge in [0.05, 0.1) is 0 Å². The summed E-state index contributed by atoms with van der Waals surface area (Å²) in [7, 11) is 0. The third-order valence-corrected chi connectivity index (χ3v) is 3.71. The Morgan fingerprint density at radius 1 is 1.31 bits per heavy atom. The van der Waals surface area contributed by atoms with Gasteiger partial charge >= 0.3 is 11.8 Å². The van der Waals surface area contributed by atoms with E-state index in [1.54, 1.807) is 12.1 Å². The van der Waals surface area contributed by atoms with E-state index in [2.05, 4.69) is 4.98 Å². The molecule has 0 bridgehead atoms. The van der Waals surface area contributed by atoms with Crippen molar-refractivity contribution in [2.75, 3.05) is 11.4 Å². The van der Waals surface area contributed by atoms with Crippen molar-refractivity contribution in [3.8, 4) is 5.75 Å². The molecule has 3 rings (SSSR count). The van der Waals surface area contributed by atoms with Crippen molar-refractivity contribution in [3.63, 3.8) is 0 Å². The number of pyridine rings is 1. The van der Waals surface area contributed by atoms with Gasteiger partial charge in [0, 0.05) is 6.07 Å². The molecule has 2 aromatic rings. The molecule has 1 aliphatic heterocycles. The van der Waals surface area contributed by atoms with Crippen LogP contribution in [0, 0.1) is 10.1 Å². The van der Waals surface area contributed by atoms with E-state index in [0.717, 1.165) is 10.5 Å². The predicted octanol–water partition coefficient (Wildman–Crippen LogP) is 1.85. The number of anilines is 1. The van der Waals surface area contributed by atoms with E-state index < -0.39 is 35.3 Å². The maximum Gasteiger partial charge on any atom is 0.366 e. The van der Waals surface area contributed by atoms with Crippen LogP contribution < -0.4 is 9.64 Å². The Kier molecular flexibility index (Phi) is 4.78. The van der Waals surface area contributed by atoms with Gasteiger partial charge in [0.25, 0.3) is 11.7 Å². The second kappa shape index (κ2) is 7.18. The van der Waals surface area contributed by atoms with Crippen LogP contribution in [0.4, 0.5) is 11.6 Å². The molecule has 0 saturated heterocycles. The molecule has 0 radical (unpaired) electrons. The average molecular weight is 357 g/mol. The predicted molar refractivity (Wildman–Crippen MR) is 89.6 cm³/mol. The number of benzene rings is 1. The molecule has 0 spiro atoms. The molecular formula is C17H15N3O6. The van der Waals surface area contributed by atoms with E-state index in [0.29, 0.717) is 0 Å². The van der Waals surface area contributed by atoms with Crippen molar-refractivity contribution in [1.29, 1.82) is 0 Å². The molecule has 2 heterocycles. The first-order valence-corrected chi connectivity index (χ1v) is 7.78. The summed E-state index contributed by atoms with van der Waals surface area (Å²) in [6.45, 7) is 1.17. The maximum atomic E-state index is 12.4. The lowest BCUT2D eigenvalue weighted by atomic mass is 10.2. The number of nitrogens with zero attached hydrogens (tertiary/aromatic N) is 3. The minimum absolute atomic E-state index is 0.0585. The third-order valence-electron chi connectivity index (χ3n) is 3.71. The number of ether oxygens (including phenoxy) is 2. The number of fused-ring (bicyclic) bond motifs is 1. The number of hydrogen-bond acceptors (Lipinski definition) is 7. The maximum absolute atomic E-state index is 12.4. The molecule has 26 heavy (non-hydrogen) atoms. The summed E-state index contributed by atoms with van der Waals surface area (Å²) >= 11 is 0. The second-order valence-corrected chi connectivity index (χ2v) is 5.58. The Morgan fingerprint density at radius 2 is 2.04 bits per heavy atom. The molecule has 134 valence electrons. The van der Waals surface area contributed by atoms with Gasteiger partial charge in [-0.2, -0.15) is 0 Å². The summed E-state index contributed by atoms with van der Waals surface area (Å²) in [6.07, 6.45) is -0.840. The second-order valence-electron chi connectivity index (χ2n) is 5.58. The van der Waals surface area contributed by atoms with Crippen LogP contribution >= 0.6 is 0 Å². The highest BCUT2D eigenvalue weighted by Crippen LogP contribution is 2.33. The van der Waals surface area contributed by atoms with Gasteiger partial charge in [-0.05, 0) is 28.5 Å². The number of amides is 1. The molecule has 0 N–H and O–H groups in total. The lowest BCUT2D eigenvalue weighted by Crippen LogP contribution is -2.47. The van der Waals surface area contributed by atoms with Gasteiger partial charge in [0.15, 0.2) is 11.9 Å². The molecule has 1 unspecified atom stereocenters. The summed E-state index contributed by atoms with van der Waals surface area (Å²) in [6, 6.07) is 11.6. The number of esters is 1. The van der Waals surface area contributed by atoms with Crippen molar-refractivity contribution in [3.05, 3.63) is 58.1 Å². The highest BCUT2D eigenvalue weighted by Gasteiger charge is 2.38. The van der Waals surface area contributed by atoms with Crippen LogP contribution in [-0.4, -0.2) is 34.4 Å². The van der Waals surface area contributed by atoms with Crippen LogP contribution in [0.5, 0.6) is 5.75 Å². The molecule has 1 aliphatic rings. The molecule has 1 aromatic carbocycles. The lowest BCUT2D eigenvalue weighted by molar-refractivity contribution is -0.389. The highest BCUT2D eigenvalue weighted by atomic mass is 16.6. The number of hydrogen-bond donors (Lipinski definition) is 0. The van der Waals surface area contributed by atoms with Crippen molar-refractivity contribution < 1.29 is 24.0 Å². The Labute approximate surface area is 148 Å². The van der Waals surface area contributed by atoms with Crippen molar-refractivity contribution >= 4 is 23.5 Å². The van der Waals surface area contributed by atoms with Gasteiger partial charge in [-0.3, -0.25) is 14.5 Å². The van der Waals surface area contributed by atoms with E-state index >= 15 is 0 Å². The van der Waals surface area contributed by atoms with Crippen LogP contribution in [0.3, 0.4) is 0 Å². The first kappa shape index (κ1) is 17.3. The molecular weight excluding hydrogens is 342 g/mol. The number of carbonyl (C=O) groups excluding carboxylic acids is 2. The lowest BCUT2D eigenvalue weighted by Gasteiger charge is -2.28. The molecule has 0 fully saturated rings. The first-order valence-electron chi connectivity index (χ1n) is 7.78. The summed E-state index contributed by atoms with van der Waals surface area (Å²) in [4.78, 5) is 39.6. The van der Waals surface area contributed by atoms with Crippen LogP contribution in [0.25, 0.3) is 0 Å². The summed E-state index contributed by atoms with van der Waals surface area (Å²) in [5.41, 5.74) is 0.802. The van der Waals surface area contributed by atoms with Crippen molar-refractivity contribution in [1.82, 2.24) is 4.98 Å². The fraction of sp³-hybridized carbons (Fsp3) is 0.235. The minimum atomic E-state index is -0.840. The van der Waals surface area contributed by atoms with E-state index in [4.69, 9.17) is 9.47 Å². The van der Waals surface area contributed by atoms with Gasteiger partial charge in [-0.15, -0.1) is 0 Å². The number of rotatable bonds is 5. The quantitative estimate of drug-likeness (QED) is 0.456. The van der Waals surface area contributed by atoms with Gasteiger partial charge in [0.1, 0.15) is 13.2 Å². The van der Waals surface area contributed by atoms with Gasteiger partial charge < -0.3 is 19.6 Å². The standard InChI is InChI=1S/C17H15N3O6/c1-11-17(22)19(9-15(21)25-10-12-5-3-2-4-6-12)16-13(26-11)7-8-14(18-16)20(23)24/h2-8,11H,9-10H2,1H3. The zero-order valence-corrected chi connectivity index (χ0v) is 13.8. The largest absolute Gasteiger partial charge is 0.475 e. The monoisotopic (exact) mass is 357 g/mol. The summed E-state index contributed by atoms with van der Waals surface area (Å²) in [5, 5.41) is 10.9. The van der Waals surface area contributed by atoms with Crippen LogP contribution in [-0.2, 0) is 20.9 Å². The Bertz CT molecular complexity index is 855. The average Bonchev–Trinajstić information content (AvgIpc) is 2.64. The van der Waals surface area contributed by atoms with Crippen LogP contribution in [0.2, 0.25) is 0 Å². The SMILES string of the molecule is CC1Oc2ccc([N+](=O)[O-])nc2N(CC(=O)OCc2ccccc2)C1=O. The summed E-state index contributed by atoms with van der Waals surface area (Å²) in [5.74, 6) is -1.51. The van der Waals surface area contributed by atoms with E-state index in [-0.39, 0.29) is 18.2 Å². The topological polar surface area (TPSA) is 112 Å². The molecule has 1 aromatic heterocycles. The molecule has 9 nitrogen and oxygen atoms in total. The normalized spacial score (nSPS) is 15.8. The molecule has 1 amide bonds.